The second kappa shape index (κ2) is 10.7. The Kier molecular flexibility index (Phi) is 8.92. The van der Waals surface area contributed by atoms with Crippen molar-refractivity contribution in [2.24, 2.45) is 0 Å². The Balaban J connectivity index is 0.00000288. The van der Waals surface area contributed by atoms with Gasteiger partial charge in [0.15, 0.2) is 0 Å². The van der Waals surface area contributed by atoms with Crippen molar-refractivity contribution in [1.82, 2.24) is 30.8 Å². The second-order valence-electron chi connectivity index (χ2n) is 5.01. The molecule has 1 atom stereocenters. The molecule has 0 radical (unpaired) electrons. The van der Waals surface area contributed by atoms with Crippen molar-refractivity contribution in [3.63, 3.8) is 0 Å². The van der Waals surface area contributed by atoms with Gasteiger partial charge >= 0.3 is 0 Å². The van der Waals surface area contributed by atoms with Gasteiger partial charge in [-0.2, -0.15) is 4.80 Å². The van der Waals surface area contributed by atoms with Crippen molar-refractivity contribution in [2.45, 2.75) is 13.0 Å². The zero-order chi connectivity index (χ0) is 16.5. The van der Waals surface area contributed by atoms with Gasteiger partial charge in [-0.3, -0.25) is 4.79 Å². The maximum absolute atomic E-state index is 12.1. The van der Waals surface area contributed by atoms with E-state index < -0.39 is 6.04 Å². The first-order chi connectivity index (χ1) is 11.2. The third-order valence-electron chi connectivity index (χ3n) is 3.27. The third-order valence-corrected chi connectivity index (χ3v) is 3.27. The van der Waals surface area contributed by atoms with Crippen LogP contribution in [0.15, 0.2) is 30.3 Å². The number of amides is 1. The topological polar surface area (TPSA) is 94.0 Å². The molecule has 1 aromatic carbocycles. The zero-order valence-corrected chi connectivity index (χ0v) is 14.6. The fourth-order valence-electron chi connectivity index (χ4n) is 1.92. The normalized spacial score (nSPS) is 11.6. The number of carbonyl (C=O) groups is 1. The number of ether oxygens (including phenoxy) is 1. The number of aromatic nitrogens is 4. The summed E-state index contributed by atoms with van der Waals surface area (Å²) in [7, 11) is 1.65. The largest absolute Gasteiger partial charge is 0.383 e. The van der Waals surface area contributed by atoms with Gasteiger partial charge in [-0.1, -0.05) is 30.3 Å². The molecule has 0 saturated carbocycles. The first-order valence-electron chi connectivity index (χ1n) is 7.54. The Morgan fingerprint density at radius 3 is 2.71 bits per heavy atom. The van der Waals surface area contributed by atoms with Crippen LogP contribution in [-0.4, -0.2) is 59.5 Å². The minimum atomic E-state index is -0.515. The van der Waals surface area contributed by atoms with Crippen LogP contribution in [0.5, 0.6) is 0 Å². The molecular weight excluding hydrogens is 332 g/mol. The SMILES string of the molecule is COCCNCCNC(=O)C(C)n1nnc(-c2ccccc2)n1.Cl. The Morgan fingerprint density at radius 1 is 1.25 bits per heavy atom. The summed E-state index contributed by atoms with van der Waals surface area (Å²) in [6.07, 6.45) is 0. The monoisotopic (exact) mass is 354 g/mol. The van der Waals surface area contributed by atoms with Gasteiger partial charge in [-0.25, -0.2) is 0 Å². The van der Waals surface area contributed by atoms with E-state index in [1.165, 1.54) is 4.80 Å². The molecule has 2 rings (SSSR count). The highest BCUT2D eigenvalue weighted by atomic mass is 35.5. The summed E-state index contributed by atoms with van der Waals surface area (Å²) in [4.78, 5) is 13.4. The second-order valence-corrected chi connectivity index (χ2v) is 5.01. The lowest BCUT2D eigenvalue weighted by Crippen LogP contribution is -2.37. The van der Waals surface area contributed by atoms with Gasteiger partial charge in [0.2, 0.25) is 11.7 Å². The summed E-state index contributed by atoms with van der Waals surface area (Å²) in [6, 6.07) is 9.02. The molecule has 132 valence electrons. The van der Waals surface area contributed by atoms with Gasteiger partial charge in [0.1, 0.15) is 6.04 Å². The van der Waals surface area contributed by atoms with E-state index in [-0.39, 0.29) is 18.3 Å². The fourth-order valence-corrected chi connectivity index (χ4v) is 1.92. The number of carbonyl (C=O) groups excluding carboxylic acids is 1. The molecule has 24 heavy (non-hydrogen) atoms. The molecule has 9 heteroatoms. The number of hydrogen-bond donors (Lipinski definition) is 2. The number of tetrazole rings is 1. The summed E-state index contributed by atoms with van der Waals surface area (Å²) in [6.45, 7) is 4.36. The number of nitrogens with zero attached hydrogens (tertiary/aromatic N) is 4. The molecule has 0 aliphatic rings. The number of benzene rings is 1. The molecule has 0 aliphatic carbocycles. The molecule has 0 saturated heterocycles. The average molecular weight is 355 g/mol. The van der Waals surface area contributed by atoms with Crippen LogP contribution < -0.4 is 10.6 Å². The lowest BCUT2D eigenvalue weighted by atomic mass is 10.2. The summed E-state index contributed by atoms with van der Waals surface area (Å²) < 4.78 is 4.93. The minimum absolute atomic E-state index is 0. The molecule has 1 unspecified atom stereocenters. The van der Waals surface area contributed by atoms with E-state index in [9.17, 15) is 4.79 Å². The van der Waals surface area contributed by atoms with Crippen LogP contribution in [0.4, 0.5) is 0 Å². The zero-order valence-electron chi connectivity index (χ0n) is 13.8. The molecule has 0 fully saturated rings. The fraction of sp³-hybridized carbons (Fsp3) is 0.467. The molecule has 0 bridgehead atoms. The minimum Gasteiger partial charge on any atom is -0.383 e. The van der Waals surface area contributed by atoms with E-state index in [0.29, 0.717) is 25.5 Å². The summed E-state index contributed by atoms with van der Waals surface area (Å²) in [5.41, 5.74) is 0.869. The van der Waals surface area contributed by atoms with E-state index in [4.69, 9.17) is 4.74 Å². The van der Waals surface area contributed by atoms with Crippen LogP contribution in [-0.2, 0) is 9.53 Å². The highest BCUT2D eigenvalue weighted by molar-refractivity contribution is 5.85. The number of rotatable bonds is 9. The van der Waals surface area contributed by atoms with Crippen molar-refractivity contribution >= 4 is 18.3 Å². The summed E-state index contributed by atoms with van der Waals surface area (Å²) >= 11 is 0. The number of nitrogens with one attached hydrogen (secondary N) is 2. The highest BCUT2D eigenvalue weighted by Gasteiger charge is 2.18. The van der Waals surface area contributed by atoms with Gasteiger partial charge < -0.3 is 15.4 Å². The quantitative estimate of drug-likeness (QED) is 0.643. The lowest BCUT2D eigenvalue weighted by molar-refractivity contribution is -0.124. The number of methoxy groups -OCH3 is 1. The van der Waals surface area contributed by atoms with E-state index in [0.717, 1.165) is 12.1 Å². The molecule has 2 N–H and O–H groups in total. The molecule has 1 aromatic heterocycles. The molecular formula is C15H23ClN6O2. The lowest BCUT2D eigenvalue weighted by Gasteiger charge is -2.11. The molecule has 8 nitrogen and oxygen atoms in total. The van der Waals surface area contributed by atoms with Crippen LogP contribution >= 0.6 is 12.4 Å². The van der Waals surface area contributed by atoms with Crippen LogP contribution in [0.25, 0.3) is 11.4 Å². The van der Waals surface area contributed by atoms with Crippen LogP contribution in [0.2, 0.25) is 0 Å². The van der Waals surface area contributed by atoms with Crippen LogP contribution in [0.3, 0.4) is 0 Å². The Labute approximate surface area is 147 Å². The molecule has 0 spiro atoms. The van der Waals surface area contributed by atoms with E-state index in [1.54, 1.807) is 14.0 Å². The predicted octanol–water partition coefficient (Wildman–Crippen LogP) is 0.675. The number of hydrogen-bond acceptors (Lipinski definition) is 6. The average Bonchev–Trinajstić information content (AvgIpc) is 3.08. The Bertz CT molecular complexity index is 607. The van der Waals surface area contributed by atoms with Crippen molar-refractivity contribution < 1.29 is 9.53 Å². The van der Waals surface area contributed by atoms with Gasteiger partial charge in [0.05, 0.1) is 6.61 Å². The molecule has 1 amide bonds. The highest BCUT2D eigenvalue weighted by Crippen LogP contribution is 2.13. The van der Waals surface area contributed by atoms with Crippen molar-refractivity contribution in [2.75, 3.05) is 33.4 Å². The first kappa shape index (κ1) is 20.0. The molecule has 2 aromatic rings. The molecule has 1 heterocycles. The summed E-state index contributed by atoms with van der Waals surface area (Å²) in [5, 5.41) is 18.2. The smallest absolute Gasteiger partial charge is 0.246 e. The van der Waals surface area contributed by atoms with Crippen molar-refractivity contribution in [1.29, 1.82) is 0 Å². The first-order valence-corrected chi connectivity index (χ1v) is 7.54. The molecule has 0 aliphatic heterocycles. The van der Waals surface area contributed by atoms with E-state index >= 15 is 0 Å². The van der Waals surface area contributed by atoms with E-state index in [1.807, 2.05) is 30.3 Å². The Hall–Kier alpha value is -2.03. The van der Waals surface area contributed by atoms with Gasteiger partial charge in [0.25, 0.3) is 0 Å². The van der Waals surface area contributed by atoms with Crippen molar-refractivity contribution in [3.05, 3.63) is 30.3 Å². The van der Waals surface area contributed by atoms with Gasteiger partial charge in [0, 0.05) is 32.3 Å². The summed E-state index contributed by atoms with van der Waals surface area (Å²) in [5.74, 6) is 0.363. The third kappa shape index (κ3) is 5.88. The van der Waals surface area contributed by atoms with Gasteiger partial charge in [-0.15, -0.1) is 22.6 Å². The van der Waals surface area contributed by atoms with Crippen LogP contribution in [0, 0.1) is 0 Å². The maximum atomic E-state index is 12.1. The van der Waals surface area contributed by atoms with Crippen molar-refractivity contribution in [3.8, 4) is 11.4 Å². The Morgan fingerprint density at radius 2 is 2.00 bits per heavy atom. The van der Waals surface area contributed by atoms with E-state index in [2.05, 4.69) is 26.0 Å². The maximum Gasteiger partial charge on any atom is 0.246 e. The predicted molar refractivity (Wildman–Crippen MR) is 93.0 cm³/mol. The van der Waals surface area contributed by atoms with Gasteiger partial charge in [-0.05, 0) is 12.1 Å². The van der Waals surface area contributed by atoms with Crippen LogP contribution in [0.1, 0.15) is 13.0 Å². The standard InChI is InChI=1S/C15H22N6O2.ClH/c1-12(15(22)17-9-8-16-10-11-23-2)21-19-14(18-20-21)13-6-4-3-5-7-13;/h3-7,12,16H,8-11H2,1-2H3,(H,17,22);1H. The number of halogens is 1.